The lowest BCUT2D eigenvalue weighted by Gasteiger charge is -2.22. The van der Waals surface area contributed by atoms with Crippen LogP contribution in [-0.2, 0) is 17.6 Å². The van der Waals surface area contributed by atoms with Crippen LogP contribution in [0, 0.1) is 0 Å². The number of nitrogens with zero attached hydrogens (tertiary/aromatic N) is 2. The third kappa shape index (κ3) is 6.61. The summed E-state index contributed by atoms with van der Waals surface area (Å²) in [5.41, 5.74) is 1.45. The molecule has 7 heteroatoms. The highest BCUT2D eigenvalue weighted by Crippen LogP contribution is 2.20. The van der Waals surface area contributed by atoms with Gasteiger partial charge >= 0.3 is 6.09 Å². The maximum absolute atomic E-state index is 12.3. The second kappa shape index (κ2) is 9.09. The number of rotatable bonds is 6. The number of benzene rings is 2. The van der Waals surface area contributed by atoms with E-state index >= 15 is 0 Å². The second-order valence-electron chi connectivity index (χ2n) is 7.74. The number of carbonyl (C=O) groups excluding carboxylic acids is 1. The van der Waals surface area contributed by atoms with Gasteiger partial charge in [-0.05, 0) is 44.0 Å². The Morgan fingerprint density at radius 2 is 1.79 bits per heavy atom. The average molecular weight is 414 g/mol. The second-order valence-corrected chi connectivity index (χ2v) is 8.18. The summed E-state index contributed by atoms with van der Waals surface area (Å²) >= 11 is 5.93. The first-order valence-corrected chi connectivity index (χ1v) is 9.77. The molecule has 2 aromatic carbocycles. The monoisotopic (exact) mass is 413 g/mol. The molecule has 29 heavy (non-hydrogen) atoms. The number of halogens is 1. The van der Waals surface area contributed by atoms with Crippen LogP contribution in [0.5, 0.6) is 0 Å². The predicted molar refractivity (Wildman–Crippen MR) is 111 cm³/mol. The fourth-order valence-corrected chi connectivity index (χ4v) is 2.89. The summed E-state index contributed by atoms with van der Waals surface area (Å²) in [6.45, 7) is 5.45. The van der Waals surface area contributed by atoms with E-state index in [2.05, 4.69) is 15.5 Å². The summed E-state index contributed by atoms with van der Waals surface area (Å²) < 4.78 is 10.9. The van der Waals surface area contributed by atoms with Gasteiger partial charge in [0.1, 0.15) is 11.6 Å². The van der Waals surface area contributed by atoms with Gasteiger partial charge in [0.05, 0.1) is 0 Å². The van der Waals surface area contributed by atoms with Crippen molar-refractivity contribution in [3.63, 3.8) is 0 Å². The molecular weight excluding hydrogens is 390 g/mol. The molecule has 3 aromatic rings. The summed E-state index contributed by atoms with van der Waals surface area (Å²) in [6.07, 6.45) is 0.476. The number of amides is 1. The molecule has 0 aliphatic heterocycles. The van der Waals surface area contributed by atoms with Gasteiger partial charge in [-0.15, -0.1) is 0 Å². The number of carbonyl (C=O) groups is 1. The zero-order chi connectivity index (χ0) is 20.9. The Labute approximate surface area is 175 Å². The van der Waals surface area contributed by atoms with Gasteiger partial charge < -0.3 is 14.6 Å². The van der Waals surface area contributed by atoms with Crippen LogP contribution < -0.4 is 5.32 Å². The maximum atomic E-state index is 12.3. The molecular formula is C22H24ClN3O3. The van der Waals surface area contributed by atoms with Crippen molar-refractivity contribution in [3.8, 4) is 0 Å². The van der Waals surface area contributed by atoms with Crippen molar-refractivity contribution in [2.24, 2.45) is 0 Å². The molecule has 0 saturated heterocycles. The van der Waals surface area contributed by atoms with Crippen LogP contribution in [0.3, 0.4) is 0 Å². The van der Waals surface area contributed by atoms with E-state index in [0.717, 1.165) is 11.1 Å². The van der Waals surface area contributed by atoms with Crippen LogP contribution in [-0.4, -0.2) is 21.8 Å². The lowest BCUT2D eigenvalue weighted by Crippen LogP contribution is -2.36. The highest BCUT2D eigenvalue weighted by Gasteiger charge is 2.25. The maximum Gasteiger partial charge on any atom is 0.408 e. The summed E-state index contributed by atoms with van der Waals surface area (Å²) in [6, 6.07) is 16.8. The van der Waals surface area contributed by atoms with E-state index in [9.17, 15) is 4.79 Å². The van der Waals surface area contributed by atoms with Gasteiger partial charge in [0, 0.05) is 17.9 Å². The molecule has 1 atom stereocenters. The molecule has 6 nitrogen and oxygen atoms in total. The molecule has 1 amide bonds. The summed E-state index contributed by atoms with van der Waals surface area (Å²) in [4.78, 5) is 16.8. The molecule has 0 radical (unpaired) electrons. The average Bonchev–Trinajstić information content (AvgIpc) is 3.11. The van der Waals surface area contributed by atoms with Crippen LogP contribution in [0.1, 0.15) is 49.7 Å². The first kappa shape index (κ1) is 20.9. The van der Waals surface area contributed by atoms with Gasteiger partial charge in [-0.1, -0.05) is 59.2 Å². The Bertz CT molecular complexity index is 934. The molecule has 1 N–H and O–H groups in total. The molecule has 0 fully saturated rings. The fourth-order valence-electron chi connectivity index (χ4n) is 2.77. The van der Waals surface area contributed by atoms with Crippen molar-refractivity contribution in [3.05, 3.63) is 82.5 Å². The normalized spacial score (nSPS) is 12.4. The van der Waals surface area contributed by atoms with Gasteiger partial charge in [0.15, 0.2) is 5.82 Å². The minimum Gasteiger partial charge on any atom is -0.444 e. The smallest absolute Gasteiger partial charge is 0.408 e. The molecule has 0 bridgehead atoms. The Hall–Kier alpha value is -2.86. The van der Waals surface area contributed by atoms with E-state index in [1.165, 1.54) is 0 Å². The lowest BCUT2D eigenvalue weighted by atomic mass is 10.1. The summed E-state index contributed by atoms with van der Waals surface area (Å²) in [5, 5.41) is 7.59. The SMILES string of the molecule is CC(C)(C)OC(=O)NC(Cc1ccccc1)c1nc(Cc2ccc(Cl)cc2)no1. The molecule has 1 heterocycles. The number of nitrogens with one attached hydrogen (secondary N) is 1. The van der Waals surface area contributed by atoms with Crippen LogP contribution in [0.25, 0.3) is 0 Å². The van der Waals surface area contributed by atoms with Crippen LogP contribution in [0.4, 0.5) is 4.79 Å². The minimum atomic E-state index is -0.601. The summed E-state index contributed by atoms with van der Waals surface area (Å²) in [5.74, 6) is 0.870. The number of hydrogen-bond acceptors (Lipinski definition) is 5. The van der Waals surface area contributed by atoms with Gasteiger partial charge in [-0.3, -0.25) is 0 Å². The van der Waals surface area contributed by atoms with E-state index in [1.807, 2.05) is 75.4 Å². The molecule has 3 rings (SSSR count). The van der Waals surface area contributed by atoms with E-state index < -0.39 is 17.7 Å². The molecule has 0 aliphatic carbocycles. The van der Waals surface area contributed by atoms with E-state index in [4.69, 9.17) is 20.9 Å². The number of aromatic nitrogens is 2. The van der Waals surface area contributed by atoms with Gasteiger partial charge in [-0.2, -0.15) is 4.98 Å². The van der Waals surface area contributed by atoms with Crippen molar-refractivity contribution in [1.82, 2.24) is 15.5 Å². The zero-order valence-corrected chi connectivity index (χ0v) is 17.4. The third-order valence-electron chi connectivity index (χ3n) is 4.03. The topological polar surface area (TPSA) is 77.2 Å². The van der Waals surface area contributed by atoms with Crippen LogP contribution in [0.15, 0.2) is 59.1 Å². The third-order valence-corrected chi connectivity index (χ3v) is 4.28. The highest BCUT2D eigenvalue weighted by molar-refractivity contribution is 6.30. The quantitative estimate of drug-likeness (QED) is 0.606. The van der Waals surface area contributed by atoms with Crippen molar-refractivity contribution >= 4 is 17.7 Å². The number of alkyl carbamates (subject to hydrolysis) is 1. The van der Waals surface area contributed by atoms with Crippen molar-refractivity contribution < 1.29 is 14.1 Å². The van der Waals surface area contributed by atoms with E-state index in [-0.39, 0.29) is 0 Å². The van der Waals surface area contributed by atoms with Crippen molar-refractivity contribution in [1.29, 1.82) is 0 Å². The molecule has 1 aromatic heterocycles. The first-order chi connectivity index (χ1) is 13.8. The highest BCUT2D eigenvalue weighted by atomic mass is 35.5. The fraction of sp³-hybridized carbons (Fsp3) is 0.318. The van der Waals surface area contributed by atoms with E-state index in [1.54, 1.807) is 0 Å². The predicted octanol–water partition coefficient (Wildman–Crippen LogP) is 5.12. The first-order valence-electron chi connectivity index (χ1n) is 9.39. The van der Waals surface area contributed by atoms with Crippen molar-refractivity contribution in [2.45, 2.75) is 45.3 Å². The molecule has 0 saturated carbocycles. The summed E-state index contributed by atoms with van der Waals surface area (Å²) in [7, 11) is 0. The van der Waals surface area contributed by atoms with Gasteiger partial charge in [0.25, 0.3) is 0 Å². The lowest BCUT2D eigenvalue weighted by molar-refractivity contribution is 0.0493. The Morgan fingerprint density at radius 3 is 2.45 bits per heavy atom. The van der Waals surface area contributed by atoms with Gasteiger partial charge in [-0.25, -0.2) is 4.79 Å². The number of ether oxygens (including phenoxy) is 1. The minimum absolute atomic E-state index is 0.337. The van der Waals surface area contributed by atoms with Crippen molar-refractivity contribution in [2.75, 3.05) is 0 Å². The standard InChI is InChI=1S/C22H24ClN3O3/c1-22(2,3)28-21(27)24-18(13-15-7-5-4-6-8-15)20-25-19(26-29-20)14-16-9-11-17(23)12-10-16/h4-12,18H,13-14H2,1-3H3,(H,24,27). The Balaban J connectivity index is 1.76. The van der Waals surface area contributed by atoms with Crippen LogP contribution >= 0.6 is 11.6 Å². The van der Waals surface area contributed by atoms with Gasteiger partial charge in [0.2, 0.25) is 5.89 Å². The van der Waals surface area contributed by atoms with Crippen LogP contribution in [0.2, 0.25) is 5.02 Å². The largest absolute Gasteiger partial charge is 0.444 e. The Morgan fingerprint density at radius 1 is 1.10 bits per heavy atom. The Kier molecular flexibility index (Phi) is 6.54. The van der Waals surface area contributed by atoms with E-state index in [0.29, 0.717) is 29.6 Å². The molecule has 0 aliphatic rings. The number of hydrogen-bond donors (Lipinski definition) is 1. The molecule has 0 spiro atoms. The zero-order valence-electron chi connectivity index (χ0n) is 16.7. The molecule has 1 unspecified atom stereocenters. The molecule has 152 valence electrons.